The van der Waals surface area contributed by atoms with Gasteiger partial charge in [0.15, 0.2) is 0 Å². The van der Waals surface area contributed by atoms with Gasteiger partial charge in [-0.2, -0.15) is 0 Å². The number of aliphatic hydroxyl groups excluding tert-OH is 1. The number of hydrogen-bond acceptors (Lipinski definition) is 3. The van der Waals surface area contributed by atoms with Crippen molar-refractivity contribution in [3.8, 4) is 0 Å². The topological polar surface area (TPSA) is 38.7 Å². The fraction of sp³-hybridized carbons (Fsp3) is 1.00. The normalized spacial score (nSPS) is 15.3. The molecule has 0 aliphatic heterocycles. The van der Waals surface area contributed by atoms with Gasteiger partial charge in [0.05, 0.1) is 19.8 Å². The van der Waals surface area contributed by atoms with E-state index in [0.29, 0.717) is 18.6 Å². The van der Waals surface area contributed by atoms with E-state index in [0.717, 1.165) is 45.3 Å². The van der Waals surface area contributed by atoms with Crippen LogP contribution in [0.4, 0.5) is 0 Å². The van der Waals surface area contributed by atoms with Gasteiger partial charge in [-0.1, -0.05) is 41.0 Å². The molecule has 122 valence electrons. The Hall–Kier alpha value is -0.120. The maximum absolute atomic E-state index is 9.66. The zero-order valence-electron chi connectivity index (χ0n) is 14.3. The summed E-state index contributed by atoms with van der Waals surface area (Å²) >= 11 is 0. The van der Waals surface area contributed by atoms with Crippen molar-refractivity contribution in [3.05, 3.63) is 0 Å². The van der Waals surface area contributed by atoms with Crippen LogP contribution >= 0.6 is 0 Å². The molecule has 0 fully saturated rings. The molecule has 0 aromatic rings. The van der Waals surface area contributed by atoms with Crippen LogP contribution in [0.5, 0.6) is 0 Å². The van der Waals surface area contributed by atoms with Crippen LogP contribution in [0.25, 0.3) is 0 Å². The maximum atomic E-state index is 9.66. The van der Waals surface area contributed by atoms with Crippen LogP contribution in [0.2, 0.25) is 0 Å². The van der Waals surface area contributed by atoms with Gasteiger partial charge in [0, 0.05) is 18.6 Å². The lowest BCUT2D eigenvalue weighted by Crippen LogP contribution is -2.36. The Kier molecular flexibility index (Phi) is 10.5. The van der Waals surface area contributed by atoms with E-state index in [2.05, 4.69) is 34.6 Å². The smallest absolute Gasteiger partial charge is 0.0566 e. The number of ether oxygens (including phenoxy) is 2. The van der Waals surface area contributed by atoms with E-state index in [1.54, 1.807) is 0 Å². The van der Waals surface area contributed by atoms with Crippen LogP contribution in [0, 0.1) is 10.8 Å². The molecule has 0 aliphatic rings. The minimum atomic E-state index is -0.227. The number of rotatable bonds is 12. The molecule has 3 nitrogen and oxygen atoms in total. The van der Waals surface area contributed by atoms with Crippen molar-refractivity contribution < 1.29 is 14.6 Å². The van der Waals surface area contributed by atoms with Gasteiger partial charge < -0.3 is 14.6 Å². The minimum absolute atomic E-state index is 0.134. The molecule has 0 aromatic heterocycles. The van der Waals surface area contributed by atoms with Gasteiger partial charge in [0.2, 0.25) is 0 Å². The van der Waals surface area contributed by atoms with Gasteiger partial charge >= 0.3 is 0 Å². The molecule has 0 saturated carbocycles. The first kappa shape index (κ1) is 19.9. The Morgan fingerprint density at radius 1 is 0.900 bits per heavy atom. The van der Waals surface area contributed by atoms with E-state index in [-0.39, 0.29) is 12.0 Å². The van der Waals surface area contributed by atoms with E-state index >= 15 is 0 Å². The molecular formula is C17H36O3. The lowest BCUT2D eigenvalue weighted by Gasteiger charge is -2.30. The number of hydrogen-bond donors (Lipinski definition) is 1. The van der Waals surface area contributed by atoms with Gasteiger partial charge in [-0.05, 0) is 31.1 Å². The molecule has 3 heteroatoms. The van der Waals surface area contributed by atoms with Crippen molar-refractivity contribution in [2.24, 2.45) is 10.8 Å². The molecule has 1 unspecified atom stereocenters. The van der Waals surface area contributed by atoms with E-state index in [1.165, 1.54) is 0 Å². The highest BCUT2D eigenvalue weighted by Gasteiger charge is 2.28. The molecule has 1 atom stereocenters. The van der Waals surface area contributed by atoms with Crippen molar-refractivity contribution in [2.75, 3.05) is 33.0 Å². The highest BCUT2D eigenvalue weighted by Crippen LogP contribution is 2.24. The Morgan fingerprint density at radius 2 is 1.45 bits per heavy atom. The highest BCUT2D eigenvalue weighted by atomic mass is 16.5. The lowest BCUT2D eigenvalue weighted by molar-refractivity contribution is -0.0546. The first-order chi connectivity index (χ1) is 9.39. The van der Waals surface area contributed by atoms with E-state index in [4.69, 9.17) is 9.47 Å². The summed E-state index contributed by atoms with van der Waals surface area (Å²) in [5.74, 6) is 0. The molecular weight excluding hydrogens is 252 g/mol. The molecule has 0 amide bonds. The van der Waals surface area contributed by atoms with Crippen molar-refractivity contribution >= 4 is 0 Å². The van der Waals surface area contributed by atoms with Crippen molar-refractivity contribution in [1.82, 2.24) is 0 Å². The van der Waals surface area contributed by atoms with Crippen LogP contribution in [-0.2, 0) is 9.47 Å². The van der Waals surface area contributed by atoms with Gasteiger partial charge in [0.25, 0.3) is 0 Å². The van der Waals surface area contributed by atoms with Gasteiger partial charge in [0.1, 0.15) is 0 Å². The Balaban J connectivity index is 3.93. The third-order valence-corrected chi connectivity index (χ3v) is 3.76. The molecule has 0 radical (unpaired) electrons. The molecule has 0 aliphatic carbocycles. The number of unbranched alkanes of at least 4 members (excludes halogenated alkanes) is 1. The molecule has 0 spiro atoms. The standard InChI is InChI=1S/C17H36O3/c1-6-8-11-19-14-17(7-2,13-18)15-20-12-9-10-16(3,4)5/h18H,6-15H2,1-5H3. The number of aliphatic hydroxyl groups is 1. The third-order valence-electron chi connectivity index (χ3n) is 3.76. The van der Waals surface area contributed by atoms with Crippen molar-refractivity contribution in [1.29, 1.82) is 0 Å². The highest BCUT2D eigenvalue weighted by molar-refractivity contribution is 4.76. The van der Waals surface area contributed by atoms with Gasteiger partial charge in [-0.3, -0.25) is 0 Å². The van der Waals surface area contributed by atoms with Crippen LogP contribution in [0.1, 0.15) is 66.7 Å². The Morgan fingerprint density at radius 3 is 1.85 bits per heavy atom. The minimum Gasteiger partial charge on any atom is -0.396 e. The summed E-state index contributed by atoms with van der Waals surface area (Å²) in [7, 11) is 0. The second-order valence-corrected chi connectivity index (χ2v) is 7.13. The molecule has 1 N–H and O–H groups in total. The van der Waals surface area contributed by atoms with Crippen LogP contribution in [-0.4, -0.2) is 38.1 Å². The Labute approximate surface area is 126 Å². The summed E-state index contributed by atoms with van der Waals surface area (Å²) in [5.41, 5.74) is 0.140. The summed E-state index contributed by atoms with van der Waals surface area (Å²) in [6.07, 6.45) is 5.35. The molecule has 0 heterocycles. The van der Waals surface area contributed by atoms with E-state index in [1.807, 2.05) is 0 Å². The van der Waals surface area contributed by atoms with E-state index in [9.17, 15) is 5.11 Å². The molecule has 20 heavy (non-hydrogen) atoms. The fourth-order valence-corrected chi connectivity index (χ4v) is 1.98. The van der Waals surface area contributed by atoms with Crippen LogP contribution in [0.3, 0.4) is 0 Å². The summed E-state index contributed by atoms with van der Waals surface area (Å²) in [4.78, 5) is 0. The monoisotopic (exact) mass is 288 g/mol. The summed E-state index contributed by atoms with van der Waals surface area (Å²) in [6.45, 7) is 13.9. The molecule has 0 aromatic carbocycles. The average molecular weight is 288 g/mol. The van der Waals surface area contributed by atoms with E-state index < -0.39 is 0 Å². The molecule has 0 saturated heterocycles. The zero-order valence-corrected chi connectivity index (χ0v) is 14.3. The van der Waals surface area contributed by atoms with Crippen molar-refractivity contribution in [2.45, 2.75) is 66.7 Å². The summed E-state index contributed by atoms with van der Waals surface area (Å²) in [6, 6.07) is 0. The molecule has 0 rings (SSSR count). The van der Waals surface area contributed by atoms with Gasteiger partial charge in [-0.15, -0.1) is 0 Å². The first-order valence-electron chi connectivity index (χ1n) is 8.15. The van der Waals surface area contributed by atoms with Crippen LogP contribution in [0.15, 0.2) is 0 Å². The lowest BCUT2D eigenvalue weighted by atomic mass is 9.88. The zero-order chi connectivity index (χ0) is 15.5. The third kappa shape index (κ3) is 9.73. The SMILES string of the molecule is CCCCOCC(CC)(CO)COCCCC(C)(C)C. The van der Waals surface area contributed by atoms with Crippen LogP contribution < -0.4 is 0 Å². The largest absolute Gasteiger partial charge is 0.396 e. The fourth-order valence-electron chi connectivity index (χ4n) is 1.98. The second kappa shape index (κ2) is 10.6. The average Bonchev–Trinajstić information content (AvgIpc) is 2.40. The maximum Gasteiger partial charge on any atom is 0.0566 e. The Bertz CT molecular complexity index is 217. The predicted octanol–water partition coefficient (Wildman–Crippen LogP) is 4.03. The summed E-state index contributed by atoms with van der Waals surface area (Å²) < 4.78 is 11.5. The van der Waals surface area contributed by atoms with Crippen molar-refractivity contribution in [3.63, 3.8) is 0 Å². The van der Waals surface area contributed by atoms with Gasteiger partial charge in [-0.25, -0.2) is 0 Å². The first-order valence-corrected chi connectivity index (χ1v) is 8.15. The predicted molar refractivity (Wildman–Crippen MR) is 85.0 cm³/mol. The quantitative estimate of drug-likeness (QED) is 0.551. The molecule has 0 bridgehead atoms. The summed E-state index contributed by atoms with van der Waals surface area (Å²) in [5, 5.41) is 9.66. The second-order valence-electron chi connectivity index (χ2n) is 7.13.